The second-order valence-electron chi connectivity index (χ2n) is 10.1. The van der Waals surface area contributed by atoms with Crippen molar-refractivity contribution in [2.24, 2.45) is 5.92 Å². The quantitative estimate of drug-likeness (QED) is 0.466. The summed E-state index contributed by atoms with van der Waals surface area (Å²) in [7, 11) is 0. The second kappa shape index (κ2) is 9.19. The van der Waals surface area contributed by atoms with E-state index in [0.717, 1.165) is 72.4 Å². The van der Waals surface area contributed by atoms with Gasteiger partial charge in [0.2, 0.25) is 0 Å². The number of hydrogen-bond donors (Lipinski definition) is 2. The smallest absolute Gasteiger partial charge is 0.166 e. The van der Waals surface area contributed by atoms with Crippen LogP contribution in [0.3, 0.4) is 0 Å². The maximum absolute atomic E-state index is 13.3. The molecule has 5 nitrogen and oxygen atoms in total. The molecule has 2 fully saturated rings. The maximum atomic E-state index is 13.3. The topological polar surface area (TPSA) is 89.8 Å². The van der Waals surface area contributed by atoms with E-state index in [-0.39, 0.29) is 17.8 Å². The number of nitrogens with one attached hydrogen (secondary N) is 1. The number of H-pyrrole nitrogens is 1. The van der Waals surface area contributed by atoms with Gasteiger partial charge in [-0.2, -0.15) is 5.26 Å². The fourth-order valence-electron chi connectivity index (χ4n) is 5.49. The third-order valence-electron chi connectivity index (χ3n) is 7.78. The van der Waals surface area contributed by atoms with E-state index in [2.05, 4.69) is 18.0 Å². The lowest BCUT2D eigenvalue weighted by atomic mass is 9.68. The number of ketones is 1. The first-order valence-corrected chi connectivity index (χ1v) is 12.3. The zero-order valence-corrected chi connectivity index (χ0v) is 19.8. The lowest BCUT2D eigenvalue weighted by molar-refractivity contribution is 0.0830. The molecule has 0 atom stereocenters. The number of hydrogen-bond acceptors (Lipinski definition) is 4. The molecule has 174 valence electrons. The molecule has 2 N–H and O–H groups in total. The highest BCUT2D eigenvalue weighted by atomic mass is 16.3. The molecule has 0 amide bonds. The first kappa shape index (κ1) is 22.6. The van der Waals surface area contributed by atoms with Crippen molar-refractivity contribution in [3.8, 4) is 17.3 Å². The van der Waals surface area contributed by atoms with Crippen LogP contribution in [0.4, 0.5) is 0 Å². The number of aryl methyl sites for hydroxylation is 2. The minimum atomic E-state index is -0.181. The Hall–Kier alpha value is -3.23. The van der Waals surface area contributed by atoms with Gasteiger partial charge in [-0.25, -0.2) is 4.98 Å². The monoisotopic (exact) mass is 453 g/mol. The number of aliphatic hydroxyl groups excluding tert-OH is 1. The Labute approximate surface area is 200 Å². The number of aromatic amines is 1. The molecule has 2 aromatic carbocycles. The fourth-order valence-corrected chi connectivity index (χ4v) is 5.49. The van der Waals surface area contributed by atoms with Gasteiger partial charge in [-0.15, -0.1) is 0 Å². The van der Waals surface area contributed by atoms with E-state index >= 15 is 0 Å². The van der Waals surface area contributed by atoms with Crippen LogP contribution >= 0.6 is 0 Å². The van der Waals surface area contributed by atoms with Crippen LogP contribution in [0.2, 0.25) is 0 Å². The Balaban J connectivity index is 1.31. The largest absolute Gasteiger partial charge is 0.393 e. The summed E-state index contributed by atoms with van der Waals surface area (Å²) in [5.74, 6) is 1.99. The first-order chi connectivity index (χ1) is 16.4. The van der Waals surface area contributed by atoms with Gasteiger partial charge in [-0.3, -0.25) is 4.79 Å². The van der Waals surface area contributed by atoms with Crippen molar-refractivity contribution in [1.82, 2.24) is 9.97 Å². The number of aromatic nitrogens is 2. The number of nitrogens with zero attached hydrogens (tertiary/aromatic N) is 2. The van der Waals surface area contributed by atoms with Crippen molar-refractivity contribution in [2.45, 2.75) is 70.3 Å². The number of carbonyl (C=O) groups excluding carboxylic acids is 1. The summed E-state index contributed by atoms with van der Waals surface area (Å²) in [4.78, 5) is 21.7. The fraction of sp³-hybridized carbons (Fsp3) is 0.414. The highest BCUT2D eigenvalue weighted by Gasteiger charge is 2.36. The number of nitriles is 1. The Bertz CT molecular complexity index is 1240. The molecule has 2 saturated carbocycles. The van der Waals surface area contributed by atoms with Crippen LogP contribution in [-0.4, -0.2) is 27.0 Å². The van der Waals surface area contributed by atoms with Gasteiger partial charge >= 0.3 is 0 Å². The van der Waals surface area contributed by atoms with Crippen LogP contribution in [0.5, 0.6) is 0 Å². The molecule has 0 aliphatic heterocycles. The second-order valence-corrected chi connectivity index (χ2v) is 10.1. The van der Waals surface area contributed by atoms with E-state index in [9.17, 15) is 9.90 Å². The van der Waals surface area contributed by atoms with Gasteiger partial charge < -0.3 is 10.1 Å². The molecule has 1 aromatic heterocycles. The number of carbonyl (C=O) groups is 1. The van der Waals surface area contributed by atoms with Gasteiger partial charge in [0.05, 0.1) is 23.4 Å². The summed E-state index contributed by atoms with van der Waals surface area (Å²) in [5, 5.41) is 18.8. The maximum Gasteiger partial charge on any atom is 0.166 e. The van der Waals surface area contributed by atoms with E-state index < -0.39 is 0 Å². The van der Waals surface area contributed by atoms with E-state index in [1.165, 1.54) is 5.56 Å². The number of aliphatic hydroxyl groups is 1. The molecule has 5 rings (SSSR count). The van der Waals surface area contributed by atoms with Crippen LogP contribution in [0.1, 0.15) is 88.9 Å². The van der Waals surface area contributed by atoms with Gasteiger partial charge in [-0.05, 0) is 87.6 Å². The summed E-state index contributed by atoms with van der Waals surface area (Å²) in [6.07, 6.45) is 5.08. The zero-order chi connectivity index (χ0) is 23.8. The molecular formula is C29H31N3O2. The normalized spacial score (nSPS) is 24.3. The molecule has 34 heavy (non-hydrogen) atoms. The van der Waals surface area contributed by atoms with Crippen LogP contribution in [0.25, 0.3) is 11.3 Å². The van der Waals surface area contributed by atoms with Crippen molar-refractivity contribution in [2.75, 3.05) is 0 Å². The molecule has 0 unspecified atom stereocenters. The van der Waals surface area contributed by atoms with Crippen LogP contribution < -0.4 is 0 Å². The number of imidazole rings is 1. The standard InChI is InChI=1S/C29H31N3O2/c1-17-3-6-22(28(34)24-13-23(14-24)20-7-4-19(16-30)5-8-20)15-26(17)27-18(2)31-29(32-27)21-9-11-25(33)12-10-21/h3-8,15,21,23-25,33H,9-14H2,1-2H3,(H,31,32). The highest BCUT2D eigenvalue weighted by molar-refractivity contribution is 5.99. The van der Waals surface area contributed by atoms with Crippen molar-refractivity contribution >= 4 is 5.78 Å². The average Bonchev–Trinajstić information content (AvgIpc) is 3.20. The van der Waals surface area contributed by atoms with E-state index in [0.29, 0.717) is 17.4 Å². The third-order valence-corrected chi connectivity index (χ3v) is 7.78. The Morgan fingerprint density at radius 3 is 2.41 bits per heavy atom. The molecule has 2 aliphatic rings. The van der Waals surface area contributed by atoms with E-state index in [1.54, 1.807) is 0 Å². The zero-order valence-electron chi connectivity index (χ0n) is 19.8. The van der Waals surface area contributed by atoms with Gasteiger partial charge in [0.15, 0.2) is 5.78 Å². The predicted molar refractivity (Wildman–Crippen MR) is 132 cm³/mol. The molecule has 0 saturated heterocycles. The highest BCUT2D eigenvalue weighted by Crippen LogP contribution is 2.43. The molecule has 0 bridgehead atoms. The van der Waals surface area contributed by atoms with Crippen molar-refractivity contribution < 1.29 is 9.90 Å². The number of rotatable bonds is 5. The molecule has 0 spiro atoms. The Morgan fingerprint density at radius 2 is 1.74 bits per heavy atom. The van der Waals surface area contributed by atoms with Gasteiger partial charge in [0, 0.05) is 28.7 Å². The van der Waals surface area contributed by atoms with Crippen molar-refractivity contribution in [3.05, 3.63) is 76.2 Å². The molecule has 0 radical (unpaired) electrons. The van der Waals surface area contributed by atoms with Gasteiger partial charge in [0.25, 0.3) is 0 Å². The molecule has 3 aromatic rings. The van der Waals surface area contributed by atoms with Crippen LogP contribution in [0, 0.1) is 31.1 Å². The Morgan fingerprint density at radius 1 is 1.03 bits per heavy atom. The van der Waals surface area contributed by atoms with Crippen LogP contribution in [-0.2, 0) is 0 Å². The van der Waals surface area contributed by atoms with Crippen molar-refractivity contribution in [1.29, 1.82) is 5.26 Å². The molecule has 5 heteroatoms. The molecule has 2 aliphatic carbocycles. The van der Waals surface area contributed by atoms with Crippen LogP contribution in [0.15, 0.2) is 42.5 Å². The van der Waals surface area contributed by atoms with Gasteiger partial charge in [-0.1, -0.05) is 24.3 Å². The number of benzene rings is 2. The lowest BCUT2D eigenvalue weighted by Crippen LogP contribution is -2.29. The first-order valence-electron chi connectivity index (χ1n) is 12.3. The molecular weight excluding hydrogens is 422 g/mol. The third kappa shape index (κ3) is 4.31. The van der Waals surface area contributed by atoms with E-state index in [4.69, 9.17) is 10.2 Å². The predicted octanol–water partition coefficient (Wildman–Crippen LogP) is 5.96. The minimum absolute atomic E-state index is 0.0423. The summed E-state index contributed by atoms with van der Waals surface area (Å²) < 4.78 is 0. The van der Waals surface area contributed by atoms with Gasteiger partial charge in [0.1, 0.15) is 5.82 Å². The summed E-state index contributed by atoms with van der Waals surface area (Å²) >= 11 is 0. The number of Topliss-reactive ketones (excluding diaryl/α,β-unsaturated/α-hetero) is 1. The molecule has 1 heterocycles. The van der Waals surface area contributed by atoms with E-state index in [1.807, 2.05) is 49.4 Å². The summed E-state index contributed by atoms with van der Waals surface area (Å²) in [6, 6.07) is 15.9. The van der Waals surface area contributed by atoms with Crippen molar-refractivity contribution in [3.63, 3.8) is 0 Å². The SMILES string of the molecule is Cc1ccc(C(=O)C2CC(c3ccc(C#N)cc3)C2)cc1-c1nc(C2CCC(O)CC2)[nH]c1C. The summed E-state index contributed by atoms with van der Waals surface area (Å²) in [5.41, 5.74) is 6.72. The lowest BCUT2D eigenvalue weighted by Gasteiger charge is -2.34. The Kier molecular flexibility index (Phi) is 6.10. The average molecular weight is 454 g/mol. The minimum Gasteiger partial charge on any atom is -0.393 e. The summed E-state index contributed by atoms with van der Waals surface area (Å²) in [6.45, 7) is 4.12.